The van der Waals surface area contributed by atoms with Gasteiger partial charge in [0, 0.05) is 31.6 Å². The van der Waals surface area contributed by atoms with E-state index in [1.807, 2.05) is 0 Å². The van der Waals surface area contributed by atoms with Crippen molar-refractivity contribution in [3.8, 4) is 5.75 Å². The Balaban J connectivity index is 1.22. The second-order valence-electron chi connectivity index (χ2n) is 8.00. The number of pyridine rings is 1. The molecule has 1 aromatic heterocycles. The van der Waals surface area contributed by atoms with Crippen LogP contribution >= 0.6 is 0 Å². The Hall–Kier alpha value is -2.52. The van der Waals surface area contributed by atoms with Crippen molar-refractivity contribution in [3.05, 3.63) is 24.0 Å². The van der Waals surface area contributed by atoms with E-state index in [9.17, 15) is 22.8 Å². The lowest BCUT2D eigenvalue weighted by Gasteiger charge is -2.58. The largest absolute Gasteiger partial charge is 0.489 e. The molecule has 0 aromatic carbocycles. The number of hydrogen-bond acceptors (Lipinski definition) is 4. The summed E-state index contributed by atoms with van der Waals surface area (Å²) in [5, 5.41) is 0. The van der Waals surface area contributed by atoms with Gasteiger partial charge in [-0.3, -0.25) is 4.79 Å². The van der Waals surface area contributed by atoms with Crippen LogP contribution in [0.2, 0.25) is 0 Å². The van der Waals surface area contributed by atoms with Crippen molar-refractivity contribution in [3.63, 3.8) is 0 Å². The first kappa shape index (κ1) is 18.8. The highest BCUT2D eigenvalue weighted by Gasteiger charge is 2.55. The van der Waals surface area contributed by atoms with Crippen LogP contribution in [0.1, 0.15) is 25.0 Å². The van der Waals surface area contributed by atoms with Crippen LogP contribution < -0.4 is 10.5 Å². The highest BCUT2D eigenvalue weighted by Crippen LogP contribution is 2.50. The van der Waals surface area contributed by atoms with Crippen molar-refractivity contribution in [1.82, 2.24) is 14.8 Å². The second kappa shape index (κ2) is 6.52. The van der Waals surface area contributed by atoms with E-state index >= 15 is 0 Å². The number of rotatable bonds is 3. The maximum absolute atomic E-state index is 12.5. The van der Waals surface area contributed by atoms with Gasteiger partial charge in [0.25, 0.3) is 0 Å². The zero-order valence-electron chi connectivity index (χ0n) is 15.1. The third-order valence-corrected chi connectivity index (χ3v) is 5.84. The Morgan fingerprint density at radius 2 is 1.93 bits per heavy atom. The lowest BCUT2D eigenvalue weighted by atomic mass is 9.62. The minimum Gasteiger partial charge on any atom is -0.489 e. The molecule has 0 bridgehead atoms. The molecule has 4 rings (SSSR count). The van der Waals surface area contributed by atoms with E-state index in [1.165, 1.54) is 6.07 Å². The summed E-state index contributed by atoms with van der Waals surface area (Å²) in [4.78, 5) is 30.5. The molecule has 1 saturated carbocycles. The summed E-state index contributed by atoms with van der Waals surface area (Å²) in [5.74, 6) is -0.320. The summed E-state index contributed by atoms with van der Waals surface area (Å²) < 4.78 is 43.3. The summed E-state index contributed by atoms with van der Waals surface area (Å²) >= 11 is 0. The molecule has 3 aliphatic rings. The number of amides is 3. The molecular formula is C18H21F3N4O3. The zero-order valence-corrected chi connectivity index (χ0v) is 15.1. The average molecular weight is 398 g/mol. The van der Waals surface area contributed by atoms with Crippen LogP contribution in [0.25, 0.3) is 0 Å². The maximum atomic E-state index is 12.5. The lowest BCUT2D eigenvalue weighted by Crippen LogP contribution is -2.67. The minimum atomic E-state index is -4.46. The summed E-state index contributed by atoms with van der Waals surface area (Å²) in [6, 6.07) is 2.12. The molecule has 1 aromatic rings. The number of aromatic nitrogens is 1. The fraction of sp³-hybridized carbons (Fsp3) is 0.611. The number of carbonyl (C=O) groups excluding carboxylic acids is 2. The molecule has 2 N–H and O–H groups in total. The molecule has 10 heteroatoms. The van der Waals surface area contributed by atoms with E-state index < -0.39 is 11.9 Å². The lowest BCUT2D eigenvalue weighted by molar-refractivity contribution is -0.141. The number of alkyl halides is 3. The fourth-order valence-electron chi connectivity index (χ4n) is 4.32. The Morgan fingerprint density at radius 3 is 2.46 bits per heavy atom. The van der Waals surface area contributed by atoms with Gasteiger partial charge in [-0.05, 0) is 31.4 Å². The number of carbonyl (C=O) groups is 2. The molecule has 1 spiro atoms. The predicted molar refractivity (Wildman–Crippen MR) is 91.2 cm³/mol. The van der Waals surface area contributed by atoms with Gasteiger partial charge in [0.05, 0.1) is 12.1 Å². The first-order valence-corrected chi connectivity index (χ1v) is 9.18. The maximum Gasteiger partial charge on any atom is 0.433 e. The minimum absolute atomic E-state index is 0.0302. The SMILES string of the molecule is NC(=O)[C@H]1CCN(C(=O)N2CC3(CC(Oc4ccc(C(F)(F)F)nc4)C3)C2)C1. The van der Waals surface area contributed by atoms with Crippen molar-refractivity contribution < 1.29 is 27.5 Å². The molecule has 152 valence electrons. The molecule has 28 heavy (non-hydrogen) atoms. The van der Waals surface area contributed by atoms with Crippen LogP contribution in [0, 0.1) is 11.3 Å². The van der Waals surface area contributed by atoms with Crippen LogP contribution in [-0.4, -0.2) is 59.0 Å². The van der Waals surface area contributed by atoms with Gasteiger partial charge in [-0.15, -0.1) is 0 Å². The van der Waals surface area contributed by atoms with Gasteiger partial charge < -0.3 is 20.3 Å². The number of ether oxygens (including phenoxy) is 1. The molecule has 7 nitrogen and oxygen atoms in total. The normalized spacial score (nSPS) is 24.0. The van der Waals surface area contributed by atoms with E-state index in [0.29, 0.717) is 38.3 Å². The highest BCUT2D eigenvalue weighted by atomic mass is 19.4. The van der Waals surface area contributed by atoms with Crippen molar-refractivity contribution in [2.24, 2.45) is 17.1 Å². The molecule has 3 fully saturated rings. The first-order chi connectivity index (χ1) is 13.2. The van der Waals surface area contributed by atoms with Crippen LogP contribution in [0.3, 0.4) is 0 Å². The predicted octanol–water partition coefficient (Wildman–Crippen LogP) is 1.87. The van der Waals surface area contributed by atoms with Gasteiger partial charge in [0.1, 0.15) is 17.5 Å². The molecular weight excluding hydrogens is 377 g/mol. The molecule has 0 radical (unpaired) electrons. The van der Waals surface area contributed by atoms with Crippen LogP contribution in [0.4, 0.5) is 18.0 Å². The van der Waals surface area contributed by atoms with E-state index in [2.05, 4.69) is 4.98 Å². The monoisotopic (exact) mass is 398 g/mol. The van der Waals surface area contributed by atoms with Crippen molar-refractivity contribution >= 4 is 11.9 Å². The number of likely N-dealkylation sites (tertiary alicyclic amines) is 2. The van der Waals surface area contributed by atoms with Gasteiger partial charge in [-0.2, -0.15) is 13.2 Å². The highest BCUT2D eigenvalue weighted by molar-refractivity contribution is 5.80. The van der Waals surface area contributed by atoms with E-state index in [4.69, 9.17) is 10.5 Å². The smallest absolute Gasteiger partial charge is 0.433 e. The summed E-state index contributed by atoms with van der Waals surface area (Å²) in [7, 11) is 0. The molecule has 1 atom stereocenters. The summed E-state index contributed by atoms with van der Waals surface area (Å²) in [6.07, 6.45) is -1.34. The van der Waals surface area contributed by atoms with E-state index in [-0.39, 0.29) is 29.4 Å². The molecule has 0 unspecified atom stereocenters. The third-order valence-electron chi connectivity index (χ3n) is 5.84. The number of halogens is 3. The Morgan fingerprint density at radius 1 is 1.21 bits per heavy atom. The third kappa shape index (κ3) is 3.47. The fourth-order valence-corrected chi connectivity index (χ4v) is 4.32. The Kier molecular flexibility index (Phi) is 4.39. The Bertz CT molecular complexity index is 769. The first-order valence-electron chi connectivity index (χ1n) is 9.18. The van der Waals surface area contributed by atoms with Gasteiger partial charge in [-0.25, -0.2) is 9.78 Å². The Labute approximate surface area is 159 Å². The number of hydrogen-bond donors (Lipinski definition) is 1. The van der Waals surface area contributed by atoms with Gasteiger partial charge in [-0.1, -0.05) is 0 Å². The average Bonchev–Trinajstić information content (AvgIpc) is 3.05. The van der Waals surface area contributed by atoms with Gasteiger partial charge in [0.15, 0.2) is 0 Å². The summed E-state index contributed by atoms with van der Waals surface area (Å²) in [5.41, 5.74) is 4.38. The molecule has 1 aliphatic carbocycles. The molecule has 3 heterocycles. The van der Waals surface area contributed by atoms with Crippen LogP contribution in [-0.2, 0) is 11.0 Å². The van der Waals surface area contributed by atoms with Gasteiger partial charge >= 0.3 is 12.2 Å². The molecule has 2 aliphatic heterocycles. The number of primary amides is 1. The quantitative estimate of drug-likeness (QED) is 0.842. The topological polar surface area (TPSA) is 88.8 Å². The number of nitrogens with zero attached hydrogens (tertiary/aromatic N) is 3. The van der Waals surface area contributed by atoms with E-state index in [1.54, 1.807) is 9.80 Å². The van der Waals surface area contributed by atoms with Crippen molar-refractivity contribution in [2.75, 3.05) is 26.2 Å². The second-order valence-corrected chi connectivity index (χ2v) is 8.00. The molecule has 2 saturated heterocycles. The van der Waals surface area contributed by atoms with Crippen LogP contribution in [0.15, 0.2) is 18.3 Å². The number of urea groups is 1. The van der Waals surface area contributed by atoms with Gasteiger partial charge in [0.2, 0.25) is 5.91 Å². The van der Waals surface area contributed by atoms with Crippen molar-refractivity contribution in [2.45, 2.75) is 31.5 Å². The summed E-state index contributed by atoms with van der Waals surface area (Å²) in [6.45, 7) is 2.19. The van der Waals surface area contributed by atoms with Crippen LogP contribution in [0.5, 0.6) is 5.75 Å². The van der Waals surface area contributed by atoms with Crippen molar-refractivity contribution in [1.29, 1.82) is 0 Å². The number of nitrogens with two attached hydrogens (primary N) is 1. The zero-order chi connectivity index (χ0) is 20.1. The molecule has 3 amide bonds. The van der Waals surface area contributed by atoms with E-state index in [0.717, 1.165) is 25.1 Å². The standard InChI is InChI=1S/C18H21F3N4O3/c19-18(20,21)14-2-1-12(7-23-14)28-13-5-17(6-13)9-25(10-17)16(27)24-4-3-11(8-24)15(22)26/h1-2,7,11,13H,3-6,8-10H2,(H2,22,26)/t11-/m0/s1.